The zero-order chi connectivity index (χ0) is 13.9. The van der Waals surface area contributed by atoms with Crippen LogP contribution in [0.5, 0.6) is 0 Å². The Balaban J connectivity index is 1.97. The Kier molecular flexibility index (Phi) is 2.15. The highest BCUT2D eigenvalue weighted by Crippen LogP contribution is 2.55. The third-order valence-corrected chi connectivity index (χ3v) is 4.19. The van der Waals surface area contributed by atoms with Crippen LogP contribution in [0.15, 0.2) is 18.6 Å². The van der Waals surface area contributed by atoms with Crippen LogP contribution >= 0.6 is 0 Å². The summed E-state index contributed by atoms with van der Waals surface area (Å²) in [7, 11) is 0. The number of carboxylic acids is 1. The molecule has 0 saturated heterocycles. The smallest absolute Gasteiger partial charge is 0.358 e. The van der Waals surface area contributed by atoms with Crippen LogP contribution in [0.1, 0.15) is 40.5 Å². The van der Waals surface area contributed by atoms with Gasteiger partial charge in [-0.15, -0.1) is 0 Å². The summed E-state index contributed by atoms with van der Waals surface area (Å²) in [6.45, 7) is 0. The minimum atomic E-state index is -1.04. The first-order valence-electron chi connectivity index (χ1n) is 6.55. The molecule has 1 saturated carbocycles. The van der Waals surface area contributed by atoms with Gasteiger partial charge in [-0.1, -0.05) is 9.78 Å². The van der Waals surface area contributed by atoms with Crippen molar-refractivity contribution in [3.63, 3.8) is 0 Å². The summed E-state index contributed by atoms with van der Waals surface area (Å²) in [6, 6.07) is 0. The Morgan fingerprint density at radius 2 is 2.40 bits per heavy atom. The second kappa shape index (κ2) is 3.78. The third-order valence-electron chi connectivity index (χ3n) is 4.19. The van der Waals surface area contributed by atoms with Crippen molar-refractivity contribution in [2.75, 3.05) is 0 Å². The van der Waals surface area contributed by atoms with Crippen molar-refractivity contribution in [1.29, 1.82) is 0 Å². The summed E-state index contributed by atoms with van der Waals surface area (Å²) >= 11 is 0. The van der Waals surface area contributed by atoms with Gasteiger partial charge >= 0.3 is 11.8 Å². The second-order valence-electron chi connectivity index (χ2n) is 5.33. The van der Waals surface area contributed by atoms with Gasteiger partial charge in [-0.05, 0) is 25.2 Å². The van der Waals surface area contributed by atoms with Crippen molar-refractivity contribution < 1.29 is 14.6 Å². The molecule has 2 heterocycles. The highest BCUT2D eigenvalue weighted by Gasteiger charge is 2.49. The molecule has 102 valence electrons. The molecule has 4 rings (SSSR count). The van der Waals surface area contributed by atoms with Crippen molar-refractivity contribution >= 4 is 5.97 Å². The van der Waals surface area contributed by atoms with Crippen molar-refractivity contribution in [3.05, 3.63) is 40.7 Å². The summed E-state index contributed by atoms with van der Waals surface area (Å²) in [4.78, 5) is 15.3. The molecule has 0 unspecified atom stereocenters. The van der Waals surface area contributed by atoms with Gasteiger partial charge in [0.05, 0.1) is 6.20 Å². The van der Waals surface area contributed by atoms with Crippen LogP contribution in [0.2, 0.25) is 0 Å². The predicted octanol–water partition coefficient (Wildman–Crippen LogP) is 0.649. The summed E-state index contributed by atoms with van der Waals surface area (Å²) in [5.41, 5.74) is 1.73. The van der Waals surface area contributed by atoms with E-state index in [1.54, 1.807) is 0 Å². The fourth-order valence-electron chi connectivity index (χ4n) is 3.16. The molecule has 0 bridgehead atoms. The highest BCUT2D eigenvalue weighted by atomic mass is 16.5. The Hall–Kier alpha value is -2.44. The lowest BCUT2D eigenvalue weighted by Crippen LogP contribution is -2.33. The Morgan fingerprint density at radius 3 is 3.15 bits per heavy atom. The quantitative estimate of drug-likeness (QED) is 0.639. The van der Waals surface area contributed by atoms with E-state index in [9.17, 15) is 15.1 Å². The van der Waals surface area contributed by atoms with Crippen LogP contribution < -0.4 is 4.73 Å². The van der Waals surface area contributed by atoms with Crippen LogP contribution in [-0.2, 0) is 6.42 Å². The van der Waals surface area contributed by atoms with Gasteiger partial charge in [0.2, 0.25) is 0 Å². The minimum Gasteiger partial charge on any atom is -0.710 e. The Morgan fingerprint density at radius 1 is 1.55 bits per heavy atom. The molecule has 0 aliphatic heterocycles. The maximum absolute atomic E-state index is 11.9. The summed E-state index contributed by atoms with van der Waals surface area (Å²) in [5, 5.41) is 25.3. The van der Waals surface area contributed by atoms with E-state index in [-0.39, 0.29) is 11.5 Å². The summed E-state index contributed by atoms with van der Waals surface area (Å²) < 4.78 is 2.14. The molecule has 2 aliphatic carbocycles. The lowest BCUT2D eigenvalue weighted by Gasteiger charge is -2.10. The highest BCUT2D eigenvalue weighted by molar-refractivity contribution is 5.87. The average Bonchev–Trinajstić information content (AvgIpc) is 3.12. The largest absolute Gasteiger partial charge is 0.710 e. The van der Waals surface area contributed by atoms with Gasteiger partial charge in [0.1, 0.15) is 18.1 Å². The molecule has 20 heavy (non-hydrogen) atoms. The molecule has 0 spiro atoms. The van der Waals surface area contributed by atoms with E-state index < -0.39 is 5.97 Å². The SMILES string of the molecule is O=C(O)c1nn(-c2cncc[n+]2[O-])c2c1CC[C@H]1C[C@@H]21. The zero-order valence-electron chi connectivity index (χ0n) is 10.6. The molecule has 2 aliphatic rings. The number of aromatic nitrogens is 4. The Labute approximate surface area is 114 Å². The van der Waals surface area contributed by atoms with Crippen LogP contribution in [-0.4, -0.2) is 25.8 Å². The van der Waals surface area contributed by atoms with Crippen LogP contribution in [0.3, 0.4) is 0 Å². The molecule has 7 nitrogen and oxygen atoms in total. The number of hydrogen-bond donors (Lipinski definition) is 1. The number of fused-ring (bicyclic) bond motifs is 3. The molecular formula is C13H12N4O3. The number of carbonyl (C=O) groups is 1. The van der Waals surface area contributed by atoms with Gasteiger partial charge in [-0.3, -0.25) is 4.98 Å². The third kappa shape index (κ3) is 1.46. The predicted molar refractivity (Wildman–Crippen MR) is 66.4 cm³/mol. The second-order valence-corrected chi connectivity index (χ2v) is 5.33. The number of nitrogens with zero attached hydrogens (tertiary/aromatic N) is 4. The van der Waals surface area contributed by atoms with E-state index in [2.05, 4.69) is 10.1 Å². The van der Waals surface area contributed by atoms with Crippen LogP contribution in [0.4, 0.5) is 0 Å². The maximum Gasteiger partial charge on any atom is 0.358 e. The monoisotopic (exact) mass is 272 g/mol. The molecule has 2 aromatic rings. The Bertz CT molecular complexity index is 724. The normalized spacial score (nSPS) is 23.0. The first-order chi connectivity index (χ1) is 9.66. The lowest BCUT2D eigenvalue weighted by atomic mass is 9.96. The first kappa shape index (κ1) is 11.4. The molecular weight excluding hydrogens is 260 g/mol. The van der Waals surface area contributed by atoms with Crippen molar-refractivity contribution in [2.45, 2.75) is 25.2 Å². The molecule has 0 aromatic carbocycles. The van der Waals surface area contributed by atoms with Crippen molar-refractivity contribution in [1.82, 2.24) is 14.8 Å². The van der Waals surface area contributed by atoms with E-state index in [0.29, 0.717) is 16.6 Å². The molecule has 2 atom stereocenters. The minimum absolute atomic E-state index is 0.0641. The van der Waals surface area contributed by atoms with E-state index in [1.165, 1.54) is 23.3 Å². The first-order valence-corrected chi connectivity index (χ1v) is 6.55. The molecule has 7 heteroatoms. The van der Waals surface area contributed by atoms with E-state index >= 15 is 0 Å². The number of rotatable bonds is 2. The fourth-order valence-corrected chi connectivity index (χ4v) is 3.16. The molecule has 1 N–H and O–H groups in total. The van der Waals surface area contributed by atoms with Gasteiger partial charge < -0.3 is 10.3 Å². The fraction of sp³-hybridized carbons (Fsp3) is 0.385. The molecule has 0 amide bonds. The van der Waals surface area contributed by atoms with E-state index in [4.69, 9.17) is 0 Å². The standard InChI is InChI=1S/C13H12N4O3/c18-13(19)11-8-2-1-7-5-9(7)12(8)17(15-11)10-6-14-3-4-16(10)20/h3-4,6-7,9H,1-2,5H2,(H,18,19)/t7-,9+/m0/s1. The summed E-state index contributed by atoms with van der Waals surface area (Å²) in [6.07, 6.45) is 6.88. The van der Waals surface area contributed by atoms with Crippen molar-refractivity contribution in [2.24, 2.45) is 5.92 Å². The molecule has 2 aromatic heterocycles. The molecule has 1 fully saturated rings. The van der Waals surface area contributed by atoms with Gasteiger partial charge in [0, 0.05) is 11.5 Å². The average molecular weight is 272 g/mol. The van der Waals surface area contributed by atoms with Gasteiger partial charge in [-0.2, -0.15) is 0 Å². The van der Waals surface area contributed by atoms with Crippen molar-refractivity contribution in [3.8, 4) is 5.82 Å². The van der Waals surface area contributed by atoms with E-state index in [1.807, 2.05) is 0 Å². The summed E-state index contributed by atoms with van der Waals surface area (Å²) in [5.74, 6) is 0.153. The van der Waals surface area contributed by atoms with Crippen LogP contribution in [0.25, 0.3) is 5.82 Å². The topological polar surface area (TPSA) is 94.9 Å². The number of hydrogen-bond acceptors (Lipinski definition) is 4. The van der Waals surface area contributed by atoms with Gasteiger partial charge in [0.25, 0.3) is 0 Å². The lowest BCUT2D eigenvalue weighted by molar-refractivity contribution is -0.600. The number of carboxylic acid groups (broad SMARTS) is 1. The molecule has 0 radical (unpaired) electrons. The number of aromatic carboxylic acids is 1. The zero-order valence-corrected chi connectivity index (χ0v) is 10.6. The van der Waals surface area contributed by atoms with Gasteiger partial charge in [-0.25, -0.2) is 9.52 Å². The van der Waals surface area contributed by atoms with E-state index in [0.717, 1.165) is 30.5 Å². The maximum atomic E-state index is 11.9. The van der Waals surface area contributed by atoms with Gasteiger partial charge in [0.15, 0.2) is 5.69 Å². The van der Waals surface area contributed by atoms with Crippen LogP contribution in [0, 0.1) is 11.1 Å².